The summed E-state index contributed by atoms with van der Waals surface area (Å²) in [6, 6.07) is 0. The molecular formula is C50H89I6N2O15-. The average molecular weight is 1720 g/mol. The van der Waals surface area contributed by atoms with Gasteiger partial charge >= 0.3 is 92.5 Å². The zero-order chi connectivity index (χ0) is 57.7. The van der Waals surface area contributed by atoms with Crippen molar-refractivity contribution in [2.75, 3.05) is 20.8 Å². The number of hydrogen-bond donors (Lipinski definition) is 6. The number of carboxylic acid groups (broad SMARTS) is 3. The number of aliphatic hydroxyl groups excluding tert-OH is 1. The number of carbonyl (C=O) groups is 7. The van der Waals surface area contributed by atoms with Crippen LogP contribution in [0.25, 0.3) is 0 Å². The van der Waals surface area contributed by atoms with Gasteiger partial charge in [0.25, 0.3) is 0 Å². The first-order valence-electron chi connectivity index (χ1n) is 23.9. The summed E-state index contributed by atoms with van der Waals surface area (Å²) in [4.78, 5) is 80.6. The molecule has 0 radical (unpaired) electrons. The van der Waals surface area contributed by atoms with Crippen molar-refractivity contribution in [1.82, 2.24) is 10.6 Å². The monoisotopic (exact) mass is 1720 g/mol. The van der Waals surface area contributed by atoms with Crippen LogP contribution in [-0.4, -0.2) is 106 Å². The van der Waals surface area contributed by atoms with Crippen LogP contribution in [0.3, 0.4) is 0 Å². The number of aliphatic hydroxyl groups is 1. The zero-order valence-corrected chi connectivity index (χ0v) is 59.9. The summed E-state index contributed by atoms with van der Waals surface area (Å²) in [6.07, 6.45) is 4.38. The van der Waals surface area contributed by atoms with Crippen molar-refractivity contribution >= 4 is 140 Å². The van der Waals surface area contributed by atoms with Crippen LogP contribution in [0.4, 0.5) is 9.59 Å². The number of alkyl carbamates (subject to hydrolysis) is 2. The van der Waals surface area contributed by atoms with Gasteiger partial charge in [0.2, 0.25) is 0 Å². The molecule has 0 aromatic rings. The Balaban J connectivity index is -0.000000870. The van der Waals surface area contributed by atoms with Gasteiger partial charge in [-0.25, -0.2) is 9.59 Å². The summed E-state index contributed by atoms with van der Waals surface area (Å²) >= 11 is 9.54. The number of amides is 2. The molecule has 0 spiro atoms. The van der Waals surface area contributed by atoms with Gasteiger partial charge in [0.15, 0.2) is 0 Å². The maximum absolute atomic E-state index is 12.0. The predicted octanol–water partition coefficient (Wildman–Crippen LogP) is 10.0. The number of halogens is 6. The van der Waals surface area contributed by atoms with E-state index < -0.39 is 73.7 Å². The second-order valence-corrected chi connectivity index (χ2v) is 40.5. The van der Waals surface area contributed by atoms with E-state index in [9.17, 15) is 43.8 Å². The van der Waals surface area contributed by atoms with E-state index in [1.54, 1.807) is 27.7 Å². The Hall–Kier alpha value is 0.230. The van der Waals surface area contributed by atoms with Crippen LogP contribution >= 0.6 is 98.4 Å². The molecule has 8 unspecified atom stereocenters. The van der Waals surface area contributed by atoms with Crippen molar-refractivity contribution in [3.05, 3.63) is 0 Å². The molecular weight excluding hydrogens is 1630 g/mol. The van der Waals surface area contributed by atoms with E-state index in [-0.39, 0.29) is 77.3 Å². The molecule has 4 rings (SSSR count). The molecule has 0 aromatic heterocycles. The Bertz CT molecular complexity index is 1860. The first-order valence-corrected chi connectivity index (χ1v) is 42.7. The Morgan fingerprint density at radius 2 is 0.822 bits per heavy atom. The summed E-state index contributed by atoms with van der Waals surface area (Å²) < 4.78 is 20.2. The molecule has 432 valence electrons. The van der Waals surface area contributed by atoms with Gasteiger partial charge in [-0.3, -0.25) is 24.0 Å². The fraction of sp³-hybridized carbons (Fsp3) is 0.860. The number of hydrogen-bond acceptors (Lipinski definition) is 12. The third kappa shape index (κ3) is 19.8. The van der Waals surface area contributed by atoms with Gasteiger partial charge in [-0.15, -0.1) is 24.0 Å². The summed E-state index contributed by atoms with van der Waals surface area (Å²) in [5.74, 6) is -4.00. The number of ether oxygens (including phenoxy) is 4. The molecule has 0 aliphatic heterocycles. The molecule has 2 amide bonds. The SMILES string of the molecule is CC(C)(C)OC(=O)NC1(C)CCC(CO)C1(C)C.CC1(C(=O)O)CCC(C(=O)O)C1(C)C.COC(=O)C1CCC(C)(C(=O)O)C1(C)C.COC(=O)C1CCC(C)(NC(=O)OC(C)(C)C)C1(C)C.I.II.I[I-]I. The first-order chi connectivity index (χ1) is 32.4. The molecule has 4 aliphatic rings. The van der Waals surface area contributed by atoms with E-state index in [4.69, 9.17) is 29.2 Å². The second kappa shape index (κ2) is 30.7. The molecule has 8 atom stereocenters. The number of rotatable bonds is 8. The van der Waals surface area contributed by atoms with Gasteiger partial charge in [-0.05, 0) is 143 Å². The molecule has 23 heteroatoms. The van der Waals surface area contributed by atoms with E-state index in [1.807, 2.05) is 83.1 Å². The Morgan fingerprint density at radius 3 is 1.08 bits per heavy atom. The molecule has 0 bridgehead atoms. The Kier molecular flexibility index (Phi) is 32.6. The van der Waals surface area contributed by atoms with E-state index in [1.165, 1.54) is 14.2 Å². The van der Waals surface area contributed by atoms with Gasteiger partial charge in [-0.1, -0.05) is 55.4 Å². The minimum atomic E-state index is -0.921. The van der Waals surface area contributed by atoms with Crippen molar-refractivity contribution in [1.29, 1.82) is 0 Å². The van der Waals surface area contributed by atoms with E-state index in [0.29, 0.717) is 45.4 Å². The molecule has 0 saturated heterocycles. The molecule has 6 N–H and O–H groups in total. The van der Waals surface area contributed by atoms with Gasteiger partial charge in [0.1, 0.15) is 11.2 Å². The molecule has 4 saturated carbocycles. The molecule has 4 aliphatic carbocycles. The fourth-order valence-electron chi connectivity index (χ4n) is 10.2. The van der Waals surface area contributed by atoms with E-state index in [2.05, 4.69) is 98.9 Å². The van der Waals surface area contributed by atoms with Crippen LogP contribution in [0.5, 0.6) is 0 Å². The van der Waals surface area contributed by atoms with Crippen LogP contribution in [0.2, 0.25) is 0 Å². The molecule has 17 nitrogen and oxygen atoms in total. The molecule has 4 fully saturated rings. The van der Waals surface area contributed by atoms with E-state index >= 15 is 0 Å². The zero-order valence-electron chi connectivity index (χ0n) is 46.8. The van der Waals surface area contributed by atoms with Gasteiger partial charge in [0.05, 0.1) is 42.8 Å². The fourth-order valence-corrected chi connectivity index (χ4v) is 10.2. The topological polar surface area (TPSA) is 261 Å². The number of carbonyl (C=O) groups excluding carboxylic acids is 4. The van der Waals surface area contributed by atoms with Gasteiger partial charge < -0.3 is 50.0 Å². The number of carboxylic acids is 3. The standard InChI is InChI=1S/C15H27NO4.C14H27NO3.C11H18O4.C10H16O4.I3.I2.HI/c1-13(2,3)20-12(18)16-15(6)9-8-10(11(17)19-7)14(15,4)5;1-12(2,3)18-11(17)15-14(6)8-7-10(9-16)13(14,4)5;1-10(2)7(8(12)15-4)5-6-11(10,3)9(13)14;1-9(2)6(7(11)12)4-5-10(9,3)8(13)14;1-3-2;1-2;/h10H,8-9H2,1-7H3,(H,16,18);10,16H,7-9H2,1-6H3,(H,15,17);7H,5-6H2,1-4H3,(H,13,14);6H,4-5H2,1-3H3,(H,11,12)(H,13,14);;;1H/q;;;;-1;;. The predicted molar refractivity (Wildman–Crippen MR) is 323 cm³/mol. The second-order valence-electron chi connectivity index (χ2n) is 24.2. The summed E-state index contributed by atoms with van der Waals surface area (Å²) in [6.45, 7) is 33.8. The molecule has 0 aromatic carbocycles. The van der Waals surface area contributed by atoms with Crippen LogP contribution in [-0.2, 0) is 42.9 Å². The third-order valence-electron chi connectivity index (χ3n) is 17.1. The summed E-state index contributed by atoms with van der Waals surface area (Å²) in [7, 11) is 2.74. The third-order valence-corrected chi connectivity index (χ3v) is 17.1. The van der Waals surface area contributed by atoms with Crippen LogP contribution < -0.4 is 23.9 Å². The van der Waals surface area contributed by atoms with Crippen molar-refractivity contribution in [3.8, 4) is 0 Å². The first kappa shape index (κ1) is 77.5. The average Bonchev–Trinajstić information content (AvgIpc) is 3.81. The Labute approximate surface area is 506 Å². The van der Waals surface area contributed by atoms with Crippen LogP contribution in [0, 0.1) is 56.2 Å². The van der Waals surface area contributed by atoms with Gasteiger partial charge in [-0.2, -0.15) is 0 Å². The van der Waals surface area contributed by atoms with Crippen molar-refractivity contribution in [2.45, 2.75) is 198 Å². The summed E-state index contributed by atoms with van der Waals surface area (Å²) in [5, 5.41) is 42.7. The number of esters is 2. The Morgan fingerprint density at radius 1 is 0.534 bits per heavy atom. The number of aliphatic carboxylic acids is 3. The van der Waals surface area contributed by atoms with Crippen molar-refractivity contribution in [2.24, 2.45) is 56.2 Å². The number of nitrogens with one attached hydrogen (secondary N) is 2. The normalized spacial score (nSPS) is 29.7. The molecule has 0 heterocycles. The minimum absolute atomic E-state index is 0. The van der Waals surface area contributed by atoms with Crippen LogP contribution in [0.15, 0.2) is 0 Å². The number of methoxy groups -OCH3 is 2. The molecule has 73 heavy (non-hydrogen) atoms. The van der Waals surface area contributed by atoms with E-state index in [0.717, 1.165) is 19.3 Å². The van der Waals surface area contributed by atoms with Crippen molar-refractivity contribution in [3.63, 3.8) is 0 Å². The quantitative estimate of drug-likeness (QED) is 0.0750. The summed E-state index contributed by atoms with van der Waals surface area (Å²) in [5.41, 5.74) is -5.39. The van der Waals surface area contributed by atoms with Crippen molar-refractivity contribution < 1.29 is 86.2 Å². The van der Waals surface area contributed by atoms with Crippen LogP contribution in [0.1, 0.15) is 176 Å². The van der Waals surface area contributed by atoms with Gasteiger partial charge in [0, 0.05) is 60.3 Å². The maximum atomic E-state index is 12.0.